The lowest BCUT2D eigenvalue weighted by atomic mass is 10.0. The van der Waals surface area contributed by atoms with Crippen molar-refractivity contribution in [2.24, 2.45) is 0 Å². The number of likely N-dealkylation sites (N-methyl/N-ethyl adjacent to an activating group) is 2. The van der Waals surface area contributed by atoms with Crippen LogP contribution in [0.15, 0.2) is 12.1 Å². The van der Waals surface area contributed by atoms with Gasteiger partial charge in [0.2, 0.25) is 0 Å². The SMILES string of the molecule is CCN(C)C(CNC)c1cc(OC)c(C)cc1OC. The van der Waals surface area contributed by atoms with E-state index in [1.165, 1.54) is 0 Å². The minimum absolute atomic E-state index is 0.263. The fourth-order valence-corrected chi connectivity index (χ4v) is 2.25. The highest BCUT2D eigenvalue weighted by molar-refractivity contribution is 5.47. The molecule has 0 fully saturated rings. The van der Waals surface area contributed by atoms with Crippen LogP contribution in [0.3, 0.4) is 0 Å². The van der Waals surface area contributed by atoms with Crippen molar-refractivity contribution in [2.45, 2.75) is 19.9 Å². The Bertz CT molecular complexity index is 407. The van der Waals surface area contributed by atoms with Gasteiger partial charge in [-0.15, -0.1) is 0 Å². The van der Waals surface area contributed by atoms with Crippen LogP contribution in [0.1, 0.15) is 24.1 Å². The summed E-state index contributed by atoms with van der Waals surface area (Å²) in [5, 5.41) is 3.25. The van der Waals surface area contributed by atoms with Crippen molar-refractivity contribution in [3.8, 4) is 11.5 Å². The van der Waals surface area contributed by atoms with Gasteiger partial charge in [0.15, 0.2) is 0 Å². The van der Waals surface area contributed by atoms with E-state index >= 15 is 0 Å². The lowest BCUT2D eigenvalue weighted by Gasteiger charge is -2.29. The first-order chi connectivity index (χ1) is 9.08. The van der Waals surface area contributed by atoms with Gasteiger partial charge in [-0.3, -0.25) is 4.90 Å². The van der Waals surface area contributed by atoms with Crippen molar-refractivity contribution in [1.29, 1.82) is 0 Å². The van der Waals surface area contributed by atoms with E-state index in [1.54, 1.807) is 14.2 Å². The Morgan fingerprint density at radius 3 is 2.32 bits per heavy atom. The Morgan fingerprint density at radius 1 is 1.21 bits per heavy atom. The van der Waals surface area contributed by atoms with Gasteiger partial charge in [0.25, 0.3) is 0 Å². The molecular weight excluding hydrogens is 240 g/mol. The molecule has 108 valence electrons. The molecule has 1 N–H and O–H groups in total. The topological polar surface area (TPSA) is 33.7 Å². The second-order valence-electron chi connectivity index (χ2n) is 4.71. The van der Waals surface area contributed by atoms with E-state index < -0.39 is 0 Å². The second kappa shape index (κ2) is 7.36. The van der Waals surface area contributed by atoms with Gasteiger partial charge in [-0.05, 0) is 45.3 Å². The van der Waals surface area contributed by atoms with Crippen LogP contribution < -0.4 is 14.8 Å². The molecule has 1 aromatic carbocycles. The van der Waals surface area contributed by atoms with Crippen molar-refractivity contribution in [3.05, 3.63) is 23.3 Å². The minimum atomic E-state index is 0.263. The molecule has 19 heavy (non-hydrogen) atoms. The molecule has 0 amide bonds. The largest absolute Gasteiger partial charge is 0.496 e. The molecule has 0 aliphatic rings. The van der Waals surface area contributed by atoms with E-state index in [9.17, 15) is 0 Å². The molecule has 0 saturated carbocycles. The second-order valence-corrected chi connectivity index (χ2v) is 4.71. The van der Waals surface area contributed by atoms with E-state index in [1.807, 2.05) is 20.0 Å². The quantitative estimate of drug-likeness (QED) is 0.820. The van der Waals surface area contributed by atoms with E-state index in [-0.39, 0.29) is 6.04 Å². The van der Waals surface area contributed by atoms with Crippen molar-refractivity contribution < 1.29 is 9.47 Å². The Balaban J connectivity index is 3.26. The van der Waals surface area contributed by atoms with Gasteiger partial charge in [0, 0.05) is 12.1 Å². The van der Waals surface area contributed by atoms with Crippen molar-refractivity contribution in [1.82, 2.24) is 10.2 Å². The van der Waals surface area contributed by atoms with Crippen LogP contribution in [-0.2, 0) is 0 Å². The molecule has 0 saturated heterocycles. The molecule has 1 aromatic rings. The normalized spacial score (nSPS) is 12.6. The third-order valence-corrected chi connectivity index (χ3v) is 3.53. The number of rotatable bonds is 7. The van der Waals surface area contributed by atoms with Gasteiger partial charge in [-0.25, -0.2) is 0 Å². The molecule has 4 heteroatoms. The van der Waals surface area contributed by atoms with Gasteiger partial charge in [-0.1, -0.05) is 6.92 Å². The van der Waals surface area contributed by atoms with Crippen LogP contribution in [0.5, 0.6) is 11.5 Å². The Labute approximate surface area is 116 Å². The summed E-state index contributed by atoms with van der Waals surface area (Å²) in [5.74, 6) is 1.82. The van der Waals surface area contributed by atoms with E-state index in [2.05, 4.69) is 30.3 Å². The molecule has 1 unspecified atom stereocenters. The lowest BCUT2D eigenvalue weighted by Crippen LogP contribution is -2.32. The first-order valence-electron chi connectivity index (χ1n) is 6.66. The third-order valence-electron chi connectivity index (χ3n) is 3.53. The first-order valence-corrected chi connectivity index (χ1v) is 6.66. The summed E-state index contributed by atoms with van der Waals surface area (Å²) in [6.45, 7) is 6.03. The van der Waals surface area contributed by atoms with Crippen LogP contribution >= 0.6 is 0 Å². The molecule has 4 nitrogen and oxygen atoms in total. The predicted octanol–water partition coefficient (Wildman–Crippen LogP) is 2.22. The molecule has 0 bridgehead atoms. The maximum absolute atomic E-state index is 5.54. The third kappa shape index (κ3) is 3.61. The number of hydrogen-bond donors (Lipinski definition) is 1. The van der Waals surface area contributed by atoms with Crippen LogP contribution in [0.4, 0.5) is 0 Å². The molecule has 0 heterocycles. The number of benzene rings is 1. The zero-order valence-corrected chi connectivity index (χ0v) is 12.9. The fourth-order valence-electron chi connectivity index (χ4n) is 2.25. The number of aryl methyl sites for hydroxylation is 1. The van der Waals surface area contributed by atoms with Gasteiger partial charge in [0.1, 0.15) is 11.5 Å². The number of nitrogens with zero attached hydrogens (tertiary/aromatic N) is 1. The number of nitrogens with one attached hydrogen (secondary N) is 1. The minimum Gasteiger partial charge on any atom is -0.496 e. The molecule has 0 spiro atoms. The highest BCUT2D eigenvalue weighted by Gasteiger charge is 2.21. The zero-order valence-electron chi connectivity index (χ0n) is 12.9. The van der Waals surface area contributed by atoms with Crippen LogP contribution in [-0.4, -0.2) is 46.3 Å². The highest BCUT2D eigenvalue weighted by Crippen LogP contribution is 2.34. The van der Waals surface area contributed by atoms with Crippen molar-refractivity contribution >= 4 is 0 Å². The molecule has 1 rings (SSSR count). The predicted molar refractivity (Wildman–Crippen MR) is 79.3 cm³/mol. The summed E-state index contributed by atoms with van der Waals surface area (Å²) in [6, 6.07) is 4.39. The fraction of sp³-hybridized carbons (Fsp3) is 0.600. The number of hydrogen-bond acceptors (Lipinski definition) is 4. The molecule has 0 aliphatic carbocycles. The molecule has 0 radical (unpaired) electrons. The van der Waals surface area contributed by atoms with Crippen molar-refractivity contribution in [3.63, 3.8) is 0 Å². The molecule has 0 aliphatic heterocycles. The summed E-state index contributed by atoms with van der Waals surface area (Å²) >= 11 is 0. The highest BCUT2D eigenvalue weighted by atomic mass is 16.5. The standard InChI is InChI=1S/C15H26N2O2/c1-7-17(4)13(10-16-3)12-9-14(18-5)11(2)8-15(12)19-6/h8-9,13,16H,7,10H2,1-6H3. The summed E-state index contributed by atoms with van der Waals surface area (Å²) in [5.41, 5.74) is 2.24. The van der Waals surface area contributed by atoms with Crippen LogP contribution in [0.2, 0.25) is 0 Å². The van der Waals surface area contributed by atoms with E-state index in [4.69, 9.17) is 9.47 Å². The average molecular weight is 266 g/mol. The van der Waals surface area contributed by atoms with Gasteiger partial charge in [-0.2, -0.15) is 0 Å². The van der Waals surface area contributed by atoms with E-state index in [0.717, 1.165) is 35.7 Å². The molecular formula is C15H26N2O2. The molecule has 1 atom stereocenters. The lowest BCUT2D eigenvalue weighted by molar-refractivity contribution is 0.246. The Kier molecular flexibility index (Phi) is 6.12. The molecule has 0 aromatic heterocycles. The zero-order chi connectivity index (χ0) is 14.4. The van der Waals surface area contributed by atoms with E-state index in [0.29, 0.717) is 0 Å². The summed E-state index contributed by atoms with van der Waals surface area (Å²) in [4.78, 5) is 2.29. The average Bonchev–Trinajstić information content (AvgIpc) is 2.43. The van der Waals surface area contributed by atoms with Crippen molar-refractivity contribution in [2.75, 3.05) is 41.4 Å². The maximum Gasteiger partial charge on any atom is 0.124 e. The van der Waals surface area contributed by atoms with Gasteiger partial charge >= 0.3 is 0 Å². The summed E-state index contributed by atoms with van der Waals surface area (Å²) < 4.78 is 11.0. The van der Waals surface area contributed by atoms with Gasteiger partial charge in [0.05, 0.1) is 20.3 Å². The Morgan fingerprint density at radius 2 is 1.84 bits per heavy atom. The Hall–Kier alpha value is -1.26. The monoisotopic (exact) mass is 266 g/mol. The smallest absolute Gasteiger partial charge is 0.124 e. The number of ether oxygens (including phenoxy) is 2. The summed E-state index contributed by atoms with van der Waals surface area (Å²) in [6.07, 6.45) is 0. The van der Waals surface area contributed by atoms with Gasteiger partial charge < -0.3 is 14.8 Å². The first kappa shape index (κ1) is 15.8. The van der Waals surface area contributed by atoms with Crippen LogP contribution in [0, 0.1) is 6.92 Å². The summed E-state index contributed by atoms with van der Waals surface area (Å²) in [7, 11) is 7.50. The number of methoxy groups -OCH3 is 2. The maximum atomic E-state index is 5.54. The van der Waals surface area contributed by atoms with Crippen LogP contribution in [0.25, 0.3) is 0 Å².